The average Bonchev–Trinajstić information content (AvgIpc) is 3.00. The maximum atomic E-state index is 12.3. The quantitative estimate of drug-likeness (QED) is 0.809. The molecule has 0 radical (unpaired) electrons. The van der Waals surface area contributed by atoms with E-state index in [2.05, 4.69) is 10.6 Å². The minimum Gasteiger partial charge on any atom is -0.352 e. The minimum absolute atomic E-state index is 0.141. The molecule has 0 aromatic heterocycles. The number of hydrogen-bond donors (Lipinski definition) is 2. The van der Waals surface area contributed by atoms with Gasteiger partial charge in [-0.25, -0.2) is 0 Å². The van der Waals surface area contributed by atoms with Crippen molar-refractivity contribution in [2.75, 3.05) is 6.26 Å². The zero-order valence-corrected chi connectivity index (χ0v) is 14.4. The van der Waals surface area contributed by atoms with Crippen LogP contribution in [0.5, 0.6) is 0 Å². The monoisotopic (exact) mass is 340 g/mol. The van der Waals surface area contributed by atoms with Crippen molar-refractivity contribution in [3.63, 3.8) is 0 Å². The molecule has 6 heteroatoms. The average molecular weight is 341 g/mol. The van der Waals surface area contributed by atoms with Gasteiger partial charge >= 0.3 is 0 Å². The van der Waals surface area contributed by atoms with Gasteiger partial charge < -0.3 is 10.6 Å². The van der Waals surface area contributed by atoms with E-state index in [0.29, 0.717) is 10.6 Å². The third-order valence-corrected chi connectivity index (χ3v) is 4.92. The number of halogens is 1. The molecule has 1 aliphatic rings. The highest BCUT2D eigenvalue weighted by molar-refractivity contribution is 7.98. The van der Waals surface area contributed by atoms with Gasteiger partial charge in [0.25, 0.3) is 5.91 Å². The van der Waals surface area contributed by atoms with Crippen LogP contribution in [0, 0.1) is 0 Å². The molecule has 1 atom stereocenters. The van der Waals surface area contributed by atoms with Gasteiger partial charge in [-0.2, -0.15) is 0 Å². The lowest BCUT2D eigenvalue weighted by Gasteiger charge is -2.18. The molecule has 1 fully saturated rings. The van der Waals surface area contributed by atoms with Crippen LogP contribution in [-0.2, 0) is 4.79 Å². The van der Waals surface area contributed by atoms with Crippen LogP contribution >= 0.6 is 23.4 Å². The van der Waals surface area contributed by atoms with E-state index in [4.69, 9.17) is 11.6 Å². The Kier molecular flexibility index (Phi) is 6.15. The number of carbonyl (C=O) groups excluding carboxylic acids is 2. The lowest BCUT2D eigenvalue weighted by molar-refractivity contribution is -0.123. The van der Waals surface area contributed by atoms with E-state index in [1.54, 1.807) is 19.1 Å². The highest BCUT2D eigenvalue weighted by Crippen LogP contribution is 2.23. The zero-order valence-electron chi connectivity index (χ0n) is 12.8. The van der Waals surface area contributed by atoms with Gasteiger partial charge in [-0.15, -0.1) is 11.8 Å². The van der Waals surface area contributed by atoms with Crippen LogP contribution in [0.1, 0.15) is 43.0 Å². The van der Waals surface area contributed by atoms with Crippen LogP contribution in [0.4, 0.5) is 0 Å². The van der Waals surface area contributed by atoms with E-state index in [-0.39, 0.29) is 17.9 Å². The van der Waals surface area contributed by atoms with E-state index >= 15 is 0 Å². The molecule has 120 valence electrons. The van der Waals surface area contributed by atoms with Crippen LogP contribution in [0.2, 0.25) is 5.02 Å². The van der Waals surface area contributed by atoms with E-state index in [1.807, 2.05) is 12.3 Å². The largest absolute Gasteiger partial charge is 0.352 e. The number of hydrogen-bond acceptors (Lipinski definition) is 3. The van der Waals surface area contributed by atoms with E-state index in [0.717, 1.165) is 30.6 Å². The Morgan fingerprint density at radius 1 is 1.32 bits per heavy atom. The summed E-state index contributed by atoms with van der Waals surface area (Å²) in [5, 5.41) is 6.09. The smallest absolute Gasteiger partial charge is 0.253 e. The summed E-state index contributed by atoms with van der Waals surface area (Å²) in [5.41, 5.74) is 0.397. The normalized spacial score (nSPS) is 16.3. The molecule has 0 saturated heterocycles. The van der Waals surface area contributed by atoms with E-state index in [9.17, 15) is 9.59 Å². The Morgan fingerprint density at radius 2 is 2.00 bits per heavy atom. The number of thioether (sulfide) groups is 1. The molecule has 2 N–H and O–H groups in total. The fraction of sp³-hybridized carbons (Fsp3) is 0.500. The molecule has 1 aromatic rings. The highest BCUT2D eigenvalue weighted by atomic mass is 35.5. The molecular formula is C16H21ClN2O2S. The summed E-state index contributed by atoms with van der Waals surface area (Å²) in [4.78, 5) is 25.4. The third kappa shape index (κ3) is 4.40. The predicted molar refractivity (Wildman–Crippen MR) is 90.6 cm³/mol. The van der Waals surface area contributed by atoms with Crippen molar-refractivity contribution in [1.29, 1.82) is 0 Å². The maximum Gasteiger partial charge on any atom is 0.253 e. The van der Waals surface area contributed by atoms with Gasteiger partial charge in [-0.05, 0) is 44.2 Å². The van der Waals surface area contributed by atoms with Crippen LogP contribution in [-0.4, -0.2) is 30.2 Å². The molecule has 1 unspecified atom stereocenters. The summed E-state index contributed by atoms with van der Waals surface area (Å²) in [5.74, 6) is -0.465. The molecule has 4 nitrogen and oxygen atoms in total. The maximum absolute atomic E-state index is 12.3. The van der Waals surface area contributed by atoms with Crippen molar-refractivity contribution in [3.05, 3.63) is 28.8 Å². The zero-order chi connectivity index (χ0) is 16.1. The van der Waals surface area contributed by atoms with Crippen molar-refractivity contribution in [1.82, 2.24) is 10.6 Å². The summed E-state index contributed by atoms with van der Waals surface area (Å²) in [7, 11) is 0. The number of carbonyl (C=O) groups is 2. The molecule has 2 rings (SSSR count). The predicted octanol–water partition coefficient (Wildman–Crippen LogP) is 3.24. The molecule has 1 aliphatic carbocycles. The molecular weight excluding hydrogens is 320 g/mol. The first kappa shape index (κ1) is 17.2. The van der Waals surface area contributed by atoms with E-state index in [1.165, 1.54) is 11.8 Å². The lowest BCUT2D eigenvalue weighted by atomic mass is 10.2. The second-order valence-corrected chi connectivity index (χ2v) is 6.82. The Morgan fingerprint density at radius 3 is 2.64 bits per heavy atom. The van der Waals surface area contributed by atoms with Crippen LogP contribution in [0.15, 0.2) is 23.1 Å². The topological polar surface area (TPSA) is 58.2 Å². The molecule has 0 spiro atoms. The van der Waals surface area contributed by atoms with E-state index < -0.39 is 6.04 Å². The van der Waals surface area contributed by atoms with Crippen molar-refractivity contribution in [2.45, 2.75) is 49.6 Å². The fourth-order valence-electron chi connectivity index (χ4n) is 2.54. The van der Waals surface area contributed by atoms with Gasteiger partial charge in [0, 0.05) is 10.9 Å². The minimum atomic E-state index is -0.581. The van der Waals surface area contributed by atoms with Crippen LogP contribution in [0.3, 0.4) is 0 Å². The summed E-state index contributed by atoms with van der Waals surface area (Å²) in [6, 6.07) is 4.97. The van der Waals surface area contributed by atoms with Gasteiger partial charge in [0.15, 0.2) is 0 Å². The number of amides is 2. The Bertz CT molecular complexity index is 559. The number of rotatable bonds is 5. The molecule has 0 aliphatic heterocycles. The number of nitrogens with one attached hydrogen (secondary N) is 2. The second kappa shape index (κ2) is 7.88. The van der Waals surface area contributed by atoms with Gasteiger partial charge in [-0.3, -0.25) is 9.59 Å². The summed E-state index contributed by atoms with van der Waals surface area (Å²) in [6.45, 7) is 1.69. The van der Waals surface area contributed by atoms with Gasteiger partial charge in [0.1, 0.15) is 6.04 Å². The van der Waals surface area contributed by atoms with Gasteiger partial charge in [-0.1, -0.05) is 24.4 Å². The molecule has 1 saturated carbocycles. The first-order chi connectivity index (χ1) is 10.5. The van der Waals surface area contributed by atoms with Crippen molar-refractivity contribution in [2.24, 2.45) is 0 Å². The Hall–Kier alpha value is -1.20. The SMILES string of the molecule is CSc1ccc(Cl)c(C(=O)NC(C)C(=O)NC2CCCC2)c1. The third-order valence-electron chi connectivity index (χ3n) is 3.86. The molecule has 1 aromatic carbocycles. The van der Waals surface area contributed by atoms with Crippen molar-refractivity contribution in [3.8, 4) is 0 Å². The summed E-state index contributed by atoms with van der Waals surface area (Å²) >= 11 is 7.62. The van der Waals surface area contributed by atoms with Crippen LogP contribution in [0.25, 0.3) is 0 Å². The second-order valence-electron chi connectivity index (χ2n) is 5.53. The molecule has 2 amide bonds. The van der Waals surface area contributed by atoms with Gasteiger partial charge in [0.2, 0.25) is 5.91 Å². The summed E-state index contributed by atoms with van der Waals surface area (Å²) in [6.07, 6.45) is 6.29. The molecule has 22 heavy (non-hydrogen) atoms. The Labute approximate surface area is 140 Å². The van der Waals surface area contributed by atoms with Crippen molar-refractivity contribution >= 4 is 35.2 Å². The first-order valence-electron chi connectivity index (χ1n) is 7.46. The molecule has 0 heterocycles. The first-order valence-corrected chi connectivity index (χ1v) is 9.06. The van der Waals surface area contributed by atoms with Crippen molar-refractivity contribution < 1.29 is 9.59 Å². The van der Waals surface area contributed by atoms with Crippen LogP contribution < -0.4 is 10.6 Å². The Balaban J connectivity index is 1.96. The number of benzene rings is 1. The standard InChI is InChI=1S/C16H21ClN2O2S/c1-10(15(20)19-11-5-3-4-6-11)18-16(21)13-9-12(22-2)7-8-14(13)17/h7-11H,3-6H2,1-2H3,(H,18,21)(H,19,20). The molecule has 0 bridgehead atoms. The highest BCUT2D eigenvalue weighted by Gasteiger charge is 2.22. The van der Waals surface area contributed by atoms with Gasteiger partial charge in [0.05, 0.1) is 10.6 Å². The fourth-order valence-corrected chi connectivity index (χ4v) is 3.18. The lowest BCUT2D eigenvalue weighted by Crippen LogP contribution is -2.47. The summed E-state index contributed by atoms with van der Waals surface area (Å²) < 4.78 is 0.